The molecule has 0 bridgehead atoms. The minimum Gasteiger partial charge on any atom is -0.465 e. The SMILES string of the molecule is CCOC(=O)CN(CCOC)C(=O)NC. The van der Waals surface area contributed by atoms with Crippen LogP contribution in [0.1, 0.15) is 6.92 Å². The Morgan fingerprint density at radius 1 is 1.40 bits per heavy atom. The van der Waals surface area contributed by atoms with Gasteiger partial charge in [0.15, 0.2) is 0 Å². The van der Waals surface area contributed by atoms with Crippen LogP contribution in [0.15, 0.2) is 0 Å². The third kappa shape index (κ3) is 5.90. The second kappa shape index (κ2) is 8.05. The molecular formula is C9H18N2O4. The zero-order chi connectivity index (χ0) is 11.7. The predicted octanol–water partition coefficient (Wildman–Crippen LogP) is -0.163. The Balaban J connectivity index is 4.11. The maximum Gasteiger partial charge on any atom is 0.325 e. The van der Waals surface area contributed by atoms with Crippen molar-refractivity contribution in [2.24, 2.45) is 0 Å². The first-order valence-corrected chi connectivity index (χ1v) is 4.76. The fourth-order valence-corrected chi connectivity index (χ4v) is 0.974. The highest BCUT2D eigenvalue weighted by atomic mass is 16.5. The minimum atomic E-state index is -0.419. The molecule has 0 saturated carbocycles. The average Bonchev–Trinajstić information content (AvgIpc) is 2.23. The summed E-state index contributed by atoms with van der Waals surface area (Å²) in [6.45, 7) is 2.71. The lowest BCUT2D eigenvalue weighted by molar-refractivity contribution is -0.143. The normalized spacial score (nSPS) is 9.53. The van der Waals surface area contributed by atoms with Gasteiger partial charge in [-0.1, -0.05) is 0 Å². The number of hydrogen-bond acceptors (Lipinski definition) is 4. The summed E-state index contributed by atoms with van der Waals surface area (Å²) >= 11 is 0. The molecule has 0 saturated heterocycles. The predicted molar refractivity (Wildman–Crippen MR) is 54.5 cm³/mol. The van der Waals surface area contributed by atoms with Gasteiger partial charge in [-0.15, -0.1) is 0 Å². The van der Waals surface area contributed by atoms with Crippen LogP contribution in [0.25, 0.3) is 0 Å². The van der Waals surface area contributed by atoms with Gasteiger partial charge >= 0.3 is 12.0 Å². The molecule has 0 aliphatic rings. The second-order valence-electron chi connectivity index (χ2n) is 2.77. The van der Waals surface area contributed by atoms with Crippen LogP contribution >= 0.6 is 0 Å². The molecule has 0 aromatic heterocycles. The molecule has 0 rings (SSSR count). The lowest BCUT2D eigenvalue weighted by Crippen LogP contribution is -2.43. The topological polar surface area (TPSA) is 67.9 Å². The molecule has 0 aromatic rings. The van der Waals surface area contributed by atoms with Gasteiger partial charge in [0.1, 0.15) is 6.54 Å². The third-order valence-corrected chi connectivity index (χ3v) is 1.69. The second-order valence-corrected chi connectivity index (χ2v) is 2.77. The number of hydrogen-bond donors (Lipinski definition) is 1. The highest BCUT2D eigenvalue weighted by Crippen LogP contribution is 1.92. The Morgan fingerprint density at radius 2 is 2.07 bits per heavy atom. The van der Waals surface area contributed by atoms with Gasteiger partial charge in [-0.2, -0.15) is 0 Å². The van der Waals surface area contributed by atoms with E-state index in [0.29, 0.717) is 19.8 Å². The molecule has 0 fully saturated rings. The van der Waals surface area contributed by atoms with Crippen LogP contribution in [0.3, 0.4) is 0 Å². The van der Waals surface area contributed by atoms with Crippen LogP contribution in [0.5, 0.6) is 0 Å². The lowest BCUT2D eigenvalue weighted by atomic mass is 10.5. The Hall–Kier alpha value is -1.30. The van der Waals surface area contributed by atoms with E-state index in [1.54, 1.807) is 6.92 Å². The van der Waals surface area contributed by atoms with Crippen LogP contribution in [0.2, 0.25) is 0 Å². The maximum absolute atomic E-state index is 11.3. The molecule has 15 heavy (non-hydrogen) atoms. The van der Waals surface area contributed by atoms with Crippen molar-refractivity contribution in [2.45, 2.75) is 6.92 Å². The molecule has 6 nitrogen and oxygen atoms in total. The van der Waals surface area contributed by atoms with Gasteiger partial charge in [0.05, 0.1) is 13.2 Å². The fourth-order valence-electron chi connectivity index (χ4n) is 0.974. The number of urea groups is 1. The van der Waals surface area contributed by atoms with E-state index in [1.807, 2.05) is 0 Å². The summed E-state index contributed by atoms with van der Waals surface area (Å²) in [5.74, 6) is -0.419. The summed E-state index contributed by atoms with van der Waals surface area (Å²) in [7, 11) is 3.04. The minimum absolute atomic E-state index is 0.0587. The van der Waals surface area contributed by atoms with E-state index >= 15 is 0 Å². The third-order valence-electron chi connectivity index (χ3n) is 1.69. The van der Waals surface area contributed by atoms with E-state index < -0.39 is 5.97 Å². The van der Waals surface area contributed by atoms with Crippen molar-refractivity contribution >= 4 is 12.0 Å². The van der Waals surface area contributed by atoms with Crippen molar-refractivity contribution in [3.05, 3.63) is 0 Å². The van der Waals surface area contributed by atoms with Gasteiger partial charge in [0.2, 0.25) is 0 Å². The molecule has 0 aromatic carbocycles. The first kappa shape index (κ1) is 13.7. The zero-order valence-corrected chi connectivity index (χ0v) is 9.41. The number of carbonyl (C=O) groups is 2. The summed E-state index contributed by atoms with van der Waals surface area (Å²) in [4.78, 5) is 23.8. The number of nitrogens with zero attached hydrogens (tertiary/aromatic N) is 1. The molecule has 6 heteroatoms. The number of esters is 1. The Morgan fingerprint density at radius 3 is 2.53 bits per heavy atom. The lowest BCUT2D eigenvalue weighted by Gasteiger charge is -2.20. The highest BCUT2D eigenvalue weighted by Gasteiger charge is 2.15. The Bertz CT molecular complexity index is 208. The molecule has 0 spiro atoms. The fraction of sp³-hybridized carbons (Fsp3) is 0.778. The molecule has 0 radical (unpaired) electrons. The van der Waals surface area contributed by atoms with Crippen LogP contribution in [0, 0.1) is 0 Å². The van der Waals surface area contributed by atoms with Crippen molar-refractivity contribution < 1.29 is 19.1 Å². The Kier molecular flexibility index (Phi) is 7.35. The van der Waals surface area contributed by atoms with E-state index in [0.717, 1.165) is 0 Å². The summed E-state index contributed by atoms with van der Waals surface area (Å²) in [5.41, 5.74) is 0. The van der Waals surface area contributed by atoms with Crippen molar-refractivity contribution in [1.29, 1.82) is 0 Å². The quantitative estimate of drug-likeness (QED) is 0.629. The van der Waals surface area contributed by atoms with E-state index in [2.05, 4.69) is 5.32 Å². The van der Waals surface area contributed by atoms with E-state index in [4.69, 9.17) is 9.47 Å². The maximum atomic E-state index is 11.3. The molecule has 0 aliphatic heterocycles. The van der Waals surface area contributed by atoms with E-state index in [-0.39, 0.29) is 12.6 Å². The first-order chi connectivity index (χ1) is 7.15. The molecule has 0 unspecified atom stereocenters. The molecule has 2 amide bonds. The van der Waals surface area contributed by atoms with Crippen LogP contribution in [-0.2, 0) is 14.3 Å². The standard InChI is InChI=1S/C9H18N2O4/c1-4-15-8(12)7-11(5-6-14-3)9(13)10-2/h4-7H2,1-3H3,(H,10,13). The number of ether oxygens (including phenoxy) is 2. The van der Waals surface area contributed by atoms with Crippen molar-refractivity contribution in [1.82, 2.24) is 10.2 Å². The number of amides is 2. The van der Waals surface area contributed by atoms with Gasteiger partial charge in [-0.25, -0.2) is 4.79 Å². The summed E-state index contributed by atoms with van der Waals surface area (Å²) < 4.78 is 9.58. The van der Waals surface area contributed by atoms with Gasteiger partial charge < -0.3 is 19.7 Å². The van der Waals surface area contributed by atoms with Crippen molar-refractivity contribution in [3.8, 4) is 0 Å². The average molecular weight is 218 g/mol. The molecule has 0 aliphatic carbocycles. The number of nitrogens with one attached hydrogen (secondary N) is 1. The number of rotatable bonds is 6. The monoisotopic (exact) mass is 218 g/mol. The summed E-state index contributed by atoms with van der Waals surface area (Å²) in [5, 5.41) is 2.45. The molecular weight excluding hydrogens is 200 g/mol. The van der Waals surface area contributed by atoms with Gasteiger partial charge in [0, 0.05) is 20.7 Å². The molecule has 0 atom stereocenters. The Labute approximate surface area is 89.5 Å². The van der Waals surface area contributed by atoms with Gasteiger partial charge in [0.25, 0.3) is 0 Å². The van der Waals surface area contributed by atoms with Crippen molar-refractivity contribution in [3.63, 3.8) is 0 Å². The van der Waals surface area contributed by atoms with Crippen LogP contribution < -0.4 is 5.32 Å². The van der Waals surface area contributed by atoms with Crippen LogP contribution in [0.4, 0.5) is 4.79 Å². The molecule has 0 heterocycles. The molecule has 88 valence electrons. The van der Waals surface area contributed by atoms with Crippen LogP contribution in [-0.4, -0.2) is 57.4 Å². The van der Waals surface area contributed by atoms with Crippen molar-refractivity contribution in [2.75, 3.05) is 40.5 Å². The summed E-state index contributed by atoms with van der Waals surface area (Å²) in [6, 6.07) is -0.319. The van der Waals surface area contributed by atoms with E-state index in [9.17, 15) is 9.59 Å². The number of carbonyl (C=O) groups excluding carboxylic acids is 2. The number of methoxy groups -OCH3 is 1. The zero-order valence-electron chi connectivity index (χ0n) is 9.41. The highest BCUT2D eigenvalue weighted by molar-refractivity contribution is 5.80. The van der Waals surface area contributed by atoms with Gasteiger partial charge in [-0.05, 0) is 6.92 Å². The van der Waals surface area contributed by atoms with Gasteiger partial charge in [-0.3, -0.25) is 4.79 Å². The smallest absolute Gasteiger partial charge is 0.325 e. The largest absolute Gasteiger partial charge is 0.465 e. The van der Waals surface area contributed by atoms with E-state index in [1.165, 1.54) is 19.1 Å². The first-order valence-electron chi connectivity index (χ1n) is 4.76. The summed E-state index contributed by atoms with van der Waals surface area (Å²) in [6.07, 6.45) is 0. The molecule has 1 N–H and O–H groups in total.